The molecule has 0 radical (unpaired) electrons. The van der Waals surface area contributed by atoms with Crippen LogP contribution in [0.3, 0.4) is 0 Å². The van der Waals surface area contributed by atoms with Gasteiger partial charge in [0, 0.05) is 17.1 Å². The number of aryl methyl sites for hydroxylation is 1. The van der Waals surface area contributed by atoms with Crippen LogP contribution in [-0.2, 0) is 14.4 Å². The van der Waals surface area contributed by atoms with Crippen LogP contribution in [0.25, 0.3) is 0 Å². The lowest BCUT2D eigenvalue weighted by Crippen LogP contribution is -2.71. The lowest BCUT2D eigenvalue weighted by Gasteiger charge is -2.49. The van der Waals surface area contributed by atoms with Gasteiger partial charge >= 0.3 is 5.97 Å². The van der Waals surface area contributed by atoms with E-state index in [4.69, 9.17) is 0 Å². The number of carbonyl (C=O) groups is 3. The average Bonchev–Trinajstić information content (AvgIpc) is 3.20. The van der Waals surface area contributed by atoms with Crippen LogP contribution in [0.5, 0.6) is 5.75 Å². The molecule has 2 aliphatic heterocycles. The topological polar surface area (TPSA) is 165 Å². The molecule has 0 spiro atoms. The van der Waals surface area contributed by atoms with Crippen molar-refractivity contribution in [3.63, 3.8) is 0 Å². The number of carboxylic acid groups (broad SMARTS) is 1. The standard InChI is InChI=1S/C19H17N5O6S3/c1-8-21-22-19(33-8)32-7-10-6-31-17-13(16(27)24(17)14(10)18(28)29)20-15(26)12(23-30)9-3-2-4-11(25)5-9/h2-5,13,17,25,30H,6-7H2,1H3,(H,20,26)(H,28,29)/t13?,17-/m0/s1. The van der Waals surface area contributed by atoms with E-state index in [-0.39, 0.29) is 22.7 Å². The van der Waals surface area contributed by atoms with Gasteiger partial charge < -0.3 is 20.7 Å². The molecular formula is C19H17N5O6S3. The second-order valence-corrected chi connectivity index (χ2v) is 10.5. The first-order valence-electron chi connectivity index (χ1n) is 9.45. The normalized spacial score (nSPS) is 20.3. The van der Waals surface area contributed by atoms with Gasteiger partial charge in [-0.2, -0.15) is 0 Å². The van der Waals surface area contributed by atoms with Gasteiger partial charge in [0.1, 0.15) is 27.9 Å². The highest BCUT2D eigenvalue weighted by atomic mass is 32.2. The van der Waals surface area contributed by atoms with Gasteiger partial charge in [0.05, 0.1) is 0 Å². The molecule has 3 heterocycles. The summed E-state index contributed by atoms with van der Waals surface area (Å²) in [5, 5.41) is 42.3. The SMILES string of the molecule is Cc1nnc(SCC2=C(C(=O)O)N3C(=O)C(NC(=O)C(=NO)c4cccc(O)c4)[C@@H]3SC2)s1. The molecule has 0 bridgehead atoms. The zero-order valence-electron chi connectivity index (χ0n) is 17.0. The Labute approximate surface area is 199 Å². The highest BCUT2D eigenvalue weighted by molar-refractivity contribution is 8.01. The van der Waals surface area contributed by atoms with E-state index in [1.54, 1.807) is 0 Å². The number of phenolic OH excluding ortho intramolecular Hbond substituents is 1. The number of phenols is 1. The summed E-state index contributed by atoms with van der Waals surface area (Å²) >= 11 is 4.09. The van der Waals surface area contributed by atoms with Crippen LogP contribution in [0, 0.1) is 6.92 Å². The van der Waals surface area contributed by atoms with Gasteiger partial charge in [0.25, 0.3) is 11.8 Å². The Morgan fingerprint density at radius 2 is 2.15 bits per heavy atom. The molecule has 14 heteroatoms. The van der Waals surface area contributed by atoms with E-state index >= 15 is 0 Å². The molecule has 172 valence electrons. The lowest BCUT2D eigenvalue weighted by molar-refractivity contribution is -0.150. The molecule has 4 rings (SSSR count). The van der Waals surface area contributed by atoms with E-state index in [0.29, 0.717) is 21.4 Å². The summed E-state index contributed by atoms with van der Waals surface area (Å²) in [7, 11) is 0. The number of thioether (sulfide) groups is 2. The summed E-state index contributed by atoms with van der Waals surface area (Å²) in [6.07, 6.45) is 0. The summed E-state index contributed by atoms with van der Waals surface area (Å²) in [5.74, 6) is -2.03. The van der Waals surface area contributed by atoms with E-state index in [1.807, 2.05) is 6.92 Å². The van der Waals surface area contributed by atoms with E-state index in [0.717, 1.165) is 5.01 Å². The third-order valence-electron chi connectivity index (χ3n) is 4.85. The third kappa shape index (κ3) is 4.54. The van der Waals surface area contributed by atoms with E-state index in [9.17, 15) is 29.8 Å². The summed E-state index contributed by atoms with van der Waals surface area (Å²) in [6, 6.07) is 4.60. The van der Waals surface area contributed by atoms with Gasteiger partial charge in [0.2, 0.25) is 0 Å². The fourth-order valence-corrected chi connectivity index (χ4v) is 6.68. The molecule has 33 heavy (non-hydrogen) atoms. The quantitative estimate of drug-likeness (QED) is 0.141. The van der Waals surface area contributed by atoms with Gasteiger partial charge in [-0.15, -0.1) is 22.0 Å². The fraction of sp³-hybridized carbons (Fsp3) is 0.263. The highest BCUT2D eigenvalue weighted by Crippen LogP contribution is 2.41. The second-order valence-electron chi connectivity index (χ2n) is 6.99. The first kappa shape index (κ1) is 23.1. The number of aliphatic carboxylic acids is 1. The van der Waals surface area contributed by atoms with E-state index < -0.39 is 29.2 Å². The van der Waals surface area contributed by atoms with E-state index in [2.05, 4.69) is 20.7 Å². The number of nitrogens with one attached hydrogen (secondary N) is 1. The second kappa shape index (κ2) is 9.41. The maximum Gasteiger partial charge on any atom is 0.352 e. The largest absolute Gasteiger partial charge is 0.508 e. The molecular weight excluding hydrogens is 490 g/mol. The number of aromatic nitrogens is 2. The van der Waals surface area contributed by atoms with Gasteiger partial charge in [-0.25, -0.2) is 4.79 Å². The van der Waals surface area contributed by atoms with Crippen molar-refractivity contribution >= 4 is 58.4 Å². The van der Waals surface area contributed by atoms with Crippen molar-refractivity contribution in [2.75, 3.05) is 11.5 Å². The number of hydrogen-bond donors (Lipinski definition) is 4. The smallest absolute Gasteiger partial charge is 0.352 e. The lowest BCUT2D eigenvalue weighted by atomic mass is 10.0. The summed E-state index contributed by atoms with van der Waals surface area (Å²) in [4.78, 5) is 38.6. The van der Waals surface area contributed by atoms with Crippen LogP contribution in [-0.4, -0.2) is 76.9 Å². The molecule has 2 atom stereocenters. The van der Waals surface area contributed by atoms with Crippen molar-refractivity contribution < 1.29 is 29.8 Å². The number of fused-ring (bicyclic) bond motifs is 1. The number of amides is 2. The number of rotatable bonds is 7. The minimum absolute atomic E-state index is 0.0907. The molecule has 2 aromatic rings. The summed E-state index contributed by atoms with van der Waals surface area (Å²) < 4.78 is 0.708. The Hall–Kier alpha value is -3.10. The number of carbonyl (C=O) groups excluding carboxylic acids is 2. The average molecular weight is 508 g/mol. The molecule has 0 saturated carbocycles. The molecule has 1 aromatic heterocycles. The van der Waals surface area contributed by atoms with Gasteiger partial charge in [-0.1, -0.05) is 40.4 Å². The number of nitrogens with zero attached hydrogens (tertiary/aromatic N) is 4. The van der Waals surface area contributed by atoms with Crippen LogP contribution in [0.15, 0.2) is 45.0 Å². The van der Waals surface area contributed by atoms with Crippen molar-refractivity contribution in [3.8, 4) is 5.75 Å². The number of β-lactam (4-membered cyclic amide) rings is 1. The van der Waals surface area contributed by atoms with Crippen molar-refractivity contribution in [1.82, 2.24) is 20.4 Å². The van der Waals surface area contributed by atoms with Gasteiger partial charge in [0.15, 0.2) is 10.1 Å². The van der Waals surface area contributed by atoms with Crippen LogP contribution in [0.1, 0.15) is 10.6 Å². The monoisotopic (exact) mass is 507 g/mol. The first-order valence-corrected chi connectivity index (χ1v) is 12.3. The number of benzene rings is 1. The minimum atomic E-state index is -1.22. The van der Waals surface area contributed by atoms with Crippen molar-refractivity contribution in [1.29, 1.82) is 0 Å². The Morgan fingerprint density at radius 3 is 2.79 bits per heavy atom. The highest BCUT2D eigenvalue weighted by Gasteiger charge is 2.54. The number of aromatic hydroxyl groups is 1. The van der Waals surface area contributed by atoms with Gasteiger partial charge in [-0.05, 0) is 24.6 Å². The molecule has 1 unspecified atom stereocenters. The Morgan fingerprint density at radius 1 is 1.36 bits per heavy atom. The van der Waals surface area contributed by atoms with Crippen LogP contribution < -0.4 is 5.32 Å². The van der Waals surface area contributed by atoms with Crippen LogP contribution in [0.2, 0.25) is 0 Å². The Balaban J connectivity index is 1.48. The zero-order valence-corrected chi connectivity index (χ0v) is 19.4. The maximum absolute atomic E-state index is 12.8. The third-order valence-corrected chi connectivity index (χ3v) is 8.25. The molecule has 0 aliphatic carbocycles. The number of hydrogen-bond acceptors (Lipinski definition) is 11. The molecule has 2 aliphatic rings. The molecule has 4 N–H and O–H groups in total. The Bertz CT molecular complexity index is 1200. The van der Waals surface area contributed by atoms with Crippen molar-refractivity contribution in [2.24, 2.45) is 5.16 Å². The molecule has 1 saturated heterocycles. The number of carboxylic acids is 1. The van der Waals surface area contributed by atoms with Gasteiger partial charge in [-0.3, -0.25) is 14.5 Å². The number of oxime groups is 1. The summed E-state index contributed by atoms with van der Waals surface area (Å²) in [5.41, 5.74) is 0.271. The minimum Gasteiger partial charge on any atom is -0.508 e. The van der Waals surface area contributed by atoms with Crippen LogP contribution in [0.4, 0.5) is 0 Å². The fourth-order valence-electron chi connectivity index (χ4n) is 3.38. The predicted molar refractivity (Wildman–Crippen MR) is 121 cm³/mol. The molecule has 11 nitrogen and oxygen atoms in total. The predicted octanol–water partition coefficient (Wildman–Crippen LogP) is 1.26. The molecule has 1 fully saturated rings. The maximum atomic E-state index is 12.8. The zero-order chi connectivity index (χ0) is 23.7. The summed E-state index contributed by atoms with van der Waals surface area (Å²) in [6.45, 7) is 1.82. The van der Waals surface area contributed by atoms with Crippen LogP contribution >= 0.6 is 34.9 Å². The van der Waals surface area contributed by atoms with E-state index in [1.165, 1.54) is 64.0 Å². The molecule has 2 amide bonds. The first-order chi connectivity index (χ1) is 15.8. The Kier molecular flexibility index (Phi) is 6.58. The molecule has 1 aromatic carbocycles. The van der Waals surface area contributed by atoms with Crippen molar-refractivity contribution in [3.05, 3.63) is 46.1 Å². The van der Waals surface area contributed by atoms with Crippen molar-refractivity contribution in [2.45, 2.75) is 22.7 Å².